The summed E-state index contributed by atoms with van der Waals surface area (Å²) in [5, 5.41) is 0.749. The average molecular weight is 478 g/mol. The minimum atomic E-state index is -3.96. The molecule has 0 aliphatic carbocycles. The number of aryl methyl sites for hydroxylation is 2. The van der Waals surface area contributed by atoms with Crippen LogP contribution in [0.1, 0.15) is 30.5 Å². The van der Waals surface area contributed by atoms with Crippen LogP contribution in [0.15, 0.2) is 50.5 Å². The monoisotopic (exact) mass is 477 g/mol. The molecule has 1 unspecified atom stereocenters. The molecule has 0 saturated heterocycles. The van der Waals surface area contributed by atoms with Gasteiger partial charge in [0, 0.05) is 17.0 Å². The topological polar surface area (TPSA) is 103 Å². The Bertz CT molecular complexity index is 1340. The summed E-state index contributed by atoms with van der Waals surface area (Å²) >= 11 is 6.30. The lowest BCUT2D eigenvalue weighted by atomic mass is 10.1. The second kappa shape index (κ2) is 9.05. The molecule has 1 heterocycles. The lowest BCUT2D eigenvalue weighted by Gasteiger charge is -2.21. The molecule has 0 aliphatic heterocycles. The SMILES string of the molecule is Cc1ccc(S(=O)(=O)NC(C(=O)Oc2cc3oc(=O)c(C)c(C)c3cc2Cl)C(C)C)cc1. The second-order valence-electron chi connectivity index (χ2n) is 8.00. The second-order valence-corrected chi connectivity index (χ2v) is 10.1. The smallest absolute Gasteiger partial charge is 0.339 e. The number of rotatable bonds is 6. The van der Waals surface area contributed by atoms with Gasteiger partial charge in [-0.05, 0) is 50.5 Å². The summed E-state index contributed by atoms with van der Waals surface area (Å²) in [4.78, 5) is 24.9. The van der Waals surface area contributed by atoms with E-state index in [4.69, 9.17) is 20.8 Å². The average Bonchev–Trinajstić information content (AvgIpc) is 2.72. The molecule has 3 rings (SSSR count). The molecule has 7 nitrogen and oxygen atoms in total. The number of halogens is 1. The highest BCUT2D eigenvalue weighted by molar-refractivity contribution is 7.89. The van der Waals surface area contributed by atoms with Crippen molar-refractivity contribution in [3.63, 3.8) is 0 Å². The van der Waals surface area contributed by atoms with Crippen LogP contribution < -0.4 is 15.1 Å². The molecule has 0 aliphatic rings. The summed E-state index contributed by atoms with van der Waals surface area (Å²) < 4.78 is 38.7. The van der Waals surface area contributed by atoms with Crippen LogP contribution in [0.25, 0.3) is 11.0 Å². The third-order valence-electron chi connectivity index (χ3n) is 5.25. The van der Waals surface area contributed by atoms with E-state index in [0.29, 0.717) is 16.5 Å². The maximum atomic E-state index is 12.9. The maximum absolute atomic E-state index is 12.9. The fraction of sp³-hybridized carbons (Fsp3) is 0.304. The van der Waals surface area contributed by atoms with Crippen molar-refractivity contribution in [3.8, 4) is 5.75 Å². The van der Waals surface area contributed by atoms with Crippen LogP contribution in [0.2, 0.25) is 5.02 Å². The predicted molar refractivity (Wildman–Crippen MR) is 123 cm³/mol. The zero-order chi connectivity index (χ0) is 23.8. The molecule has 0 amide bonds. The number of esters is 1. The summed E-state index contributed by atoms with van der Waals surface area (Å²) in [5.41, 5.74) is 1.80. The van der Waals surface area contributed by atoms with Gasteiger partial charge in [0.2, 0.25) is 10.0 Å². The van der Waals surface area contributed by atoms with Gasteiger partial charge in [-0.25, -0.2) is 18.0 Å². The Morgan fingerprint density at radius 1 is 1.06 bits per heavy atom. The van der Waals surface area contributed by atoms with Crippen LogP contribution in [0, 0.1) is 26.7 Å². The number of hydrogen-bond acceptors (Lipinski definition) is 6. The molecule has 3 aromatic rings. The van der Waals surface area contributed by atoms with Gasteiger partial charge >= 0.3 is 11.6 Å². The van der Waals surface area contributed by atoms with Gasteiger partial charge in [-0.15, -0.1) is 0 Å². The lowest BCUT2D eigenvalue weighted by molar-refractivity contribution is -0.137. The molecule has 170 valence electrons. The molecule has 9 heteroatoms. The minimum absolute atomic E-state index is 0.0317. The third kappa shape index (κ3) is 4.87. The van der Waals surface area contributed by atoms with Gasteiger partial charge in [-0.3, -0.25) is 0 Å². The van der Waals surface area contributed by atoms with E-state index < -0.39 is 33.6 Å². The minimum Gasteiger partial charge on any atom is -0.424 e. The molecule has 0 radical (unpaired) electrons. The number of ether oxygens (including phenoxy) is 1. The molecule has 0 spiro atoms. The van der Waals surface area contributed by atoms with Gasteiger partial charge < -0.3 is 9.15 Å². The van der Waals surface area contributed by atoms with E-state index in [1.54, 1.807) is 45.9 Å². The highest BCUT2D eigenvalue weighted by Crippen LogP contribution is 2.32. The maximum Gasteiger partial charge on any atom is 0.339 e. The van der Waals surface area contributed by atoms with Crippen LogP contribution in [-0.4, -0.2) is 20.4 Å². The molecule has 0 bridgehead atoms. The number of carbonyl (C=O) groups excluding carboxylic acids is 1. The Morgan fingerprint density at radius 2 is 1.69 bits per heavy atom. The van der Waals surface area contributed by atoms with Crippen LogP contribution in [-0.2, 0) is 14.8 Å². The van der Waals surface area contributed by atoms with E-state index in [1.165, 1.54) is 18.2 Å². The van der Waals surface area contributed by atoms with Gasteiger partial charge in [-0.1, -0.05) is 43.1 Å². The van der Waals surface area contributed by atoms with Gasteiger partial charge in [0.15, 0.2) is 5.75 Å². The zero-order valence-electron chi connectivity index (χ0n) is 18.4. The number of benzene rings is 2. The van der Waals surface area contributed by atoms with Crippen molar-refractivity contribution in [2.75, 3.05) is 0 Å². The first-order valence-electron chi connectivity index (χ1n) is 9.95. The van der Waals surface area contributed by atoms with Crippen molar-refractivity contribution in [2.45, 2.75) is 45.6 Å². The first-order valence-corrected chi connectivity index (χ1v) is 11.8. The fourth-order valence-electron chi connectivity index (χ4n) is 3.10. The fourth-order valence-corrected chi connectivity index (χ4v) is 4.64. The van der Waals surface area contributed by atoms with Crippen molar-refractivity contribution in [2.24, 2.45) is 5.92 Å². The molecular weight excluding hydrogens is 454 g/mol. The van der Waals surface area contributed by atoms with Gasteiger partial charge in [0.25, 0.3) is 0 Å². The van der Waals surface area contributed by atoms with E-state index in [9.17, 15) is 18.0 Å². The molecule has 1 N–H and O–H groups in total. The van der Waals surface area contributed by atoms with E-state index in [1.807, 2.05) is 6.92 Å². The Balaban J connectivity index is 1.91. The lowest BCUT2D eigenvalue weighted by Crippen LogP contribution is -2.46. The summed E-state index contributed by atoms with van der Waals surface area (Å²) in [6.07, 6.45) is 0. The van der Waals surface area contributed by atoms with Crippen molar-refractivity contribution < 1.29 is 22.4 Å². The molecule has 0 fully saturated rings. The van der Waals surface area contributed by atoms with Gasteiger partial charge in [0.05, 0.1) is 9.92 Å². The van der Waals surface area contributed by atoms with Gasteiger partial charge in [-0.2, -0.15) is 4.72 Å². The Labute approximate surface area is 191 Å². The quantitative estimate of drug-likeness (QED) is 0.323. The number of carbonyl (C=O) groups is 1. The summed E-state index contributed by atoms with van der Waals surface area (Å²) in [6.45, 7) is 8.64. The van der Waals surface area contributed by atoms with E-state index in [0.717, 1.165) is 5.56 Å². The van der Waals surface area contributed by atoms with Crippen molar-refractivity contribution in [1.82, 2.24) is 4.72 Å². The molecule has 1 aromatic heterocycles. The first-order chi connectivity index (χ1) is 14.9. The van der Waals surface area contributed by atoms with Crippen LogP contribution in [0.5, 0.6) is 5.75 Å². The van der Waals surface area contributed by atoms with Crippen LogP contribution in [0.3, 0.4) is 0 Å². The Morgan fingerprint density at radius 3 is 2.28 bits per heavy atom. The molecule has 2 aromatic carbocycles. The van der Waals surface area contributed by atoms with Crippen LogP contribution in [0.4, 0.5) is 0 Å². The van der Waals surface area contributed by atoms with E-state index >= 15 is 0 Å². The molecule has 0 saturated carbocycles. The van der Waals surface area contributed by atoms with Crippen molar-refractivity contribution in [1.29, 1.82) is 0 Å². The standard InChI is InChI=1S/C23H24ClNO6S/c1-12(2)21(25-32(28,29)16-8-6-13(3)7-9-16)23(27)31-20-11-19-17(10-18(20)24)14(4)15(5)22(26)30-19/h6-12,21,25H,1-5H3. The largest absolute Gasteiger partial charge is 0.424 e. The first kappa shape index (κ1) is 24.0. The highest BCUT2D eigenvalue weighted by atomic mass is 35.5. The predicted octanol–water partition coefficient (Wildman–Crippen LogP) is 4.28. The summed E-state index contributed by atoms with van der Waals surface area (Å²) in [7, 11) is -3.96. The number of nitrogens with one attached hydrogen (secondary N) is 1. The molecule has 1 atom stereocenters. The Hall–Kier alpha value is -2.68. The normalized spacial score (nSPS) is 12.8. The summed E-state index contributed by atoms with van der Waals surface area (Å²) in [5.74, 6) is -1.27. The van der Waals surface area contributed by atoms with Gasteiger partial charge in [0.1, 0.15) is 11.6 Å². The Kier molecular flexibility index (Phi) is 6.78. The summed E-state index contributed by atoms with van der Waals surface area (Å²) in [6, 6.07) is 8.01. The van der Waals surface area contributed by atoms with Crippen LogP contribution >= 0.6 is 11.6 Å². The highest BCUT2D eigenvalue weighted by Gasteiger charge is 2.30. The molecule has 32 heavy (non-hydrogen) atoms. The number of fused-ring (bicyclic) bond motifs is 1. The van der Waals surface area contributed by atoms with E-state index in [-0.39, 0.29) is 21.3 Å². The number of sulfonamides is 1. The van der Waals surface area contributed by atoms with Crippen molar-refractivity contribution in [3.05, 3.63) is 68.5 Å². The molecular formula is C23H24ClNO6S. The zero-order valence-corrected chi connectivity index (χ0v) is 19.9. The van der Waals surface area contributed by atoms with Crippen molar-refractivity contribution >= 4 is 38.6 Å². The number of hydrogen-bond donors (Lipinski definition) is 1. The third-order valence-corrected chi connectivity index (χ3v) is 7.01. The van der Waals surface area contributed by atoms with E-state index in [2.05, 4.69) is 4.72 Å².